The van der Waals surface area contributed by atoms with E-state index in [9.17, 15) is 31.5 Å². The number of carbonyl (C=O) groups is 2. The molecule has 3 aromatic rings. The highest BCUT2D eigenvalue weighted by atomic mass is 19.4. The Labute approximate surface area is 280 Å². The molecule has 4 heterocycles. The second-order valence-electron chi connectivity index (χ2n) is 13.4. The molecule has 1 saturated carbocycles. The normalized spacial score (nSPS) is 22.8. The van der Waals surface area contributed by atoms with Crippen molar-refractivity contribution >= 4 is 23.3 Å². The summed E-state index contributed by atoms with van der Waals surface area (Å²) in [5.41, 5.74) is 2.63. The van der Waals surface area contributed by atoms with Gasteiger partial charge in [-0.05, 0) is 43.6 Å². The summed E-state index contributed by atoms with van der Waals surface area (Å²) in [4.78, 5) is 32.7. The van der Waals surface area contributed by atoms with E-state index in [0.717, 1.165) is 18.4 Å². The maximum absolute atomic E-state index is 14.2. The predicted octanol–water partition coefficient (Wildman–Crippen LogP) is 5.99. The summed E-state index contributed by atoms with van der Waals surface area (Å²) in [6.45, 7) is 0.671. The van der Waals surface area contributed by atoms with Crippen LogP contribution in [-0.2, 0) is 27.3 Å². The minimum atomic E-state index is -4.45. The monoisotopic (exact) mass is 692 g/mol. The third kappa shape index (κ3) is 8.42. The summed E-state index contributed by atoms with van der Waals surface area (Å²) < 4.78 is 81.8. The van der Waals surface area contributed by atoms with E-state index in [-0.39, 0.29) is 57.1 Å². The highest BCUT2D eigenvalue weighted by molar-refractivity contribution is 5.80. The minimum Gasteiger partial charge on any atom is -0.445 e. The van der Waals surface area contributed by atoms with Crippen molar-refractivity contribution in [3.63, 3.8) is 0 Å². The van der Waals surface area contributed by atoms with E-state index in [2.05, 4.69) is 10.6 Å². The average molecular weight is 693 g/mol. The number of benzene rings is 1. The average Bonchev–Trinajstić information content (AvgIpc) is 3.50. The molecule has 3 fully saturated rings. The van der Waals surface area contributed by atoms with Crippen molar-refractivity contribution in [1.29, 1.82) is 0 Å². The number of aromatic nitrogens is 3. The van der Waals surface area contributed by atoms with E-state index in [1.165, 1.54) is 4.52 Å². The number of hydrogen-bond donors (Lipinski definition) is 2. The molecule has 2 aliphatic heterocycles. The van der Waals surface area contributed by atoms with Gasteiger partial charge in [-0.1, -0.05) is 30.3 Å². The van der Waals surface area contributed by atoms with Gasteiger partial charge in [-0.2, -0.15) is 18.3 Å². The van der Waals surface area contributed by atoms with Gasteiger partial charge in [-0.15, -0.1) is 0 Å². The molecule has 49 heavy (non-hydrogen) atoms. The van der Waals surface area contributed by atoms with Crippen molar-refractivity contribution in [2.45, 2.75) is 82.2 Å². The van der Waals surface area contributed by atoms with Crippen molar-refractivity contribution in [1.82, 2.24) is 25.2 Å². The van der Waals surface area contributed by atoms with Gasteiger partial charge in [0.2, 0.25) is 11.8 Å². The molecule has 1 aliphatic carbocycles. The zero-order valence-corrected chi connectivity index (χ0v) is 27.2. The summed E-state index contributed by atoms with van der Waals surface area (Å²) in [6, 6.07) is 10.2. The maximum Gasteiger partial charge on any atom is 0.408 e. The first kappa shape index (κ1) is 34.8. The molecular formula is C34H41F5N6O4. The number of hydrogen-bond acceptors (Lipinski definition) is 7. The van der Waals surface area contributed by atoms with E-state index >= 15 is 0 Å². The van der Waals surface area contributed by atoms with E-state index < -0.39 is 48.5 Å². The lowest BCUT2D eigenvalue weighted by Crippen LogP contribution is -2.47. The van der Waals surface area contributed by atoms with Gasteiger partial charge in [0.15, 0.2) is 5.65 Å². The molecule has 0 radical (unpaired) electrons. The van der Waals surface area contributed by atoms with Gasteiger partial charge < -0.3 is 25.0 Å². The van der Waals surface area contributed by atoms with Crippen LogP contribution in [0.5, 0.6) is 0 Å². The van der Waals surface area contributed by atoms with Gasteiger partial charge in [0.1, 0.15) is 6.61 Å². The standard InChI is InChI=1S/C34H41F5N6O4/c1-44(25-9-13-48-14-10-25)28-17-29-41-27(19-45(29)43-26(28)16-23-15-24(34(37,38)39)18-40-31(23)46)30(22-7-11-33(35,36)12-8-22)42-32(47)49-20-21-5-3-2-4-6-21/h2-6,17,19,22-25,30H,7-16,18,20H2,1H3,(H,40,46)(H,42,47)/t23?,24-,30+/m1/s1. The molecule has 0 spiro atoms. The number of rotatable bonds is 9. The maximum atomic E-state index is 14.2. The fraction of sp³-hybridized carbons (Fsp3) is 0.588. The SMILES string of the molecule is CN(c1cc2nc([C@@H](NC(=O)OCc3ccccc3)C3CCC(F)(F)CC3)cn2nc1CC1C[C@@H](C(F)(F)F)CNC1=O)C1CCOCC1. The Hall–Kier alpha value is -4.01. The number of nitrogens with zero attached hydrogens (tertiary/aromatic N) is 4. The van der Waals surface area contributed by atoms with Crippen molar-refractivity contribution in [3.05, 3.63) is 59.5 Å². The number of carbonyl (C=O) groups excluding carboxylic acids is 2. The first-order valence-corrected chi connectivity index (χ1v) is 16.8. The Balaban J connectivity index is 1.32. The lowest BCUT2D eigenvalue weighted by Gasteiger charge is -2.35. The number of imidazole rings is 1. The second kappa shape index (κ2) is 14.5. The predicted molar refractivity (Wildman–Crippen MR) is 169 cm³/mol. The Morgan fingerprint density at radius 3 is 2.57 bits per heavy atom. The number of amides is 2. The smallest absolute Gasteiger partial charge is 0.408 e. The van der Waals surface area contributed by atoms with Gasteiger partial charge >= 0.3 is 12.3 Å². The van der Waals surface area contributed by atoms with Gasteiger partial charge in [0.05, 0.1) is 35.2 Å². The van der Waals surface area contributed by atoms with Crippen LogP contribution in [0.4, 0.5) is 32.4 Å². The van der Waals surface area contributed by atoms with Gasteiger partial charge in [-0.25, -0.2) is 23.1 Å². The highest BCUT2D eigenvalue weighted by Crippen LogP contribution is 2.42. The lowest BCUT2D eigenvalue weighted by molar-refractivity contribution is -0.183. The molecule has 15 heteroatoms. The number of anilines is 1. The van der Waals surface area contributed by atoms with Crippen LogP contribution < -0.4 is 15.5 Å². The van der Waals surface area contributed by atoms with E-state index in [1.807, 2.05) is 42.3 Å². The van der Waals surface area contributed by atoms with Crippen molar-refractivity contribution in [2.24, 2.45) is 17.8 Å². The van der Waals surface area contributed by atoms with Crippen molar-refractivity contribution in [3.8, 4) is 0 Å². The topological polar surface area (TPSA) is 110 Å². The third-order valence-corrected chi connectivity index (χ3v) is 10.0. The zero-order valence-electron chi connectivity index (χ0n) is 27.2. The number of ether oxygens (including phenoxy) is 2. The number of nitrogens with one attached hydrogen (secondary N) is 2. The van der Waals surface area contributed by atoms with E-state index in [1.54, 1.807) is 12.3 Å². The molecule has 1 unspecified atom stereocenters. The summed E-state index contributed by atoms with van der Waals surface area (Å²) >= 11 is 0. The Bertz CT molecular complexity index is 1600. The largest absolute Gasteiger partial charge is 0.445 e. The van der Waals surface area contributed by atoms with E-state index in [4.69, 9.17) is 19.6 Å². The Morgan fingerprint density at radius 2 is 1.88 bits per heavy atom. The van der Waals surface area contributed by atoms with Crippen molar-refractivity contribution in [2.75, 3.05) is 31.7 Å². The Kier molecular flexibility index (Phi) is 10.3. The molecule has 2 saturated heterocycles. The first-order chi connectivity index (χ1) is 23.4. The molecule has 10 nitrogen and oxygen atoms in total. The number of halogens is 5. The van der Waals surface area contributed by atoms with Crippen LogP contribution in [0.2, 0.25) is 0 Å². The van der Waals surface area contributed by atoms with Gasteiger partial charge in [0.25, 0.3) is 0 Å². The molecular weight excluding hydrogens is 651 g/mol. The second-order valence-corrected chi connectivity index (χ2v) is 13.4. The van der Waals surface area contributed by atoms with E-state index in [0.29, 0.717) is 35.9 Å². The first-order valence-electron chi connectivity index (χ1n) is 16.8. The zero-order chi connectivity index (χ0) is 34.8. The van der Waals surface area contributed by atoms with Gasteiger partial charge in [-0.3, -0.25) is 4.79 Å². The van der Waals surface area contributed by atoms with Crippen LogP contribution in [0.25, 0.3) is 5.65 Å². The van der Waals surface area contributed by atoms with Crippen LogP contribution in [-0.4, -0.2) is 71.5 Å². The summed E-state index contributed by atoms with van der Waals surface area (Å²) in [5.74, 6) is -6.21. The molecule has 2 N–H and O–H groups in total. The molecule has 2 amide bonds. The third-order valence-electron chi connectivity index (χ3n) is 10.0. The molecule has 6 rings (SSSR count). The molecule has 3 atom stereocenters. The fourth-order valence-electron chi connectivity index (χ4n) is 7.12. The fourth-order valence-corrected chi connectivity index (χ4v) is 7.12. The molecule has 0 bridgehead atoms. The number of alkyl halides is 5. The van der Waals surface area contributed by atoms with Gasteiger partial charge in [0, 0.05) is 64.1 Å². The van der Waals surface area contributed by atoms with Crippen LogP contribution in [0.15, 0.2) is 42.6 Å². The molecule has 2 aromatic heterocycles. The number of fused-ring (bicyclic) bond motifs is 1. The summed E-state index contributed by atoms with van der Waals surface area (Å²) in [5, 5.41) is 10.1. The molecule has 266 valence electrons. The summed E-state index contributed by atoms with van der Waals surface area (Å²) in [6.07, 6.45) is -2.85. The summed E-state index contributed by atoms with van der Waals surface area (Å²) in [7, 11) is 1.88. The van der Waals surface area contributed by atoms with Crippen LogP contribution in [0, 0.1) is 17.8 Å². The highest BCUT2D eigenvalue weighted by Gasteiger charge is 2.45. The van der Waals surface area contributed by atoms with Crippen molar-refractivity contribution < 1.29 is 41.0 Å². The molecule has 3 aliphatic rings. The van der Waals surface area contributed by atoms with Crippen LogP contribution >= 0.6 is 0 Å². The number of alkyl carbamates (subject to hydrolysis) is 1. The Morgan fingerprint density at radius 1 is 1.16 bits per heavy atom. The molecule has 1 aromatic carbocycles. The number of piperidine rings is 1. The van der Waals surface area contributed by atoms with Crippen LogP contribution in [0.1, 0.15) is 67.9 Å². The van der Waals surface area contributed by atoms with Crippen LogP contribution in [0.3, 0.4) is 0 Å². The minimum absolute atomic E-state index is 0.0179. The quantitative estimate of drug-likeness (QED) is 0.265. The lowest BCUT2D eigenvalue weighted by atomic mass is 9.81.